The first-order valence-electron chi connectivity index (χ1n) is 7.50. The van der Waals surface area contributed by atoms with Crippen LogP contribution < -0.4 is 0 Å². The van der Waals surface area contributed by atoms with E-state index >= 15 is 0 Å². The lowest BCUT2D eigenvalue weighted by Gasteiger charge is -2.34. The van der Waals surface area contributed by atoms with Gasteiger partial charge in [0, 0.05) is 30.9 Å². The zero-order valence-corrected chi connectivity index (χ0v) is 12.8. The van der Waals surface area contributed by atoms with E-state index in [1.807, 2.05) is 4.90 Å². The Bertz CT molecular complexity index is 657. The van der Waals surface area contributed by atoms with Crippen LogP contribution in [0.4, 0.5) is 0 Å². The number of hydrogen-bond donors (Lipinski definition) is 1. The molecule has 0 aliphatic carbocycles. The Balaban J connectivity index is 1.82. The Kier molecular flexibility index (Phi) is 3.53. The monoisotopic (exact) mass is 287 g/mol. The van der Waals surface area contributed by atoms with E-state index in [0.717, 1.165) is 25.2 Å². The van der Waals surface area contributed by atoms with Crippen LogP contribution in [0.2, 0.25) is 0 Å². The summed E-state index contributed by atoms with van der Waals surface area (Å²) in [6, 6.07) is 4.25. The van der Waals surface area contributed by atoms with Crippen molar-refractivity contribution in [2.24, 2.45) is 0 Å². The average molecular weight is 287 g/mol. The Labute approximate surface area is 124 Å². The molecule has 0 saturated carbocycles. The third kappa shape index (κ3) is 2.34. The van der Waals surface area contributed by atoms with Crippen molar-refractivity contribution in [3.05, 3.63) is 35.2 Å². The number of H-pyrrole nitrogens is 1. The minimum atomic E-state index is -0.0915. The first-order chi connectivity index (χ1) is 10.1. The van der Waals surface area contributed by atoms with Gasteiger partial charge in [0.2, 0.25) is 5.82 Å². The van der Waals surface area contributed by atoms with E-state index < -0.39 is 0 Å². The molecule has 1 N–H and O–H groups in total. The van der Waals surface area contributed by atoms with Gasteiger partial charge in [-0.1, -0.05) is 6.92 Å². The minimum absolute atomic E-state index is 0.0491. The predicted molar refractivity (Wildman–Crippen MR) is 79.0 cm³/mol. The van der Waals surface area contributed by atoms with Crippen LogP contribution in [0.25, 0.3) is 0 Å². The molecule has 3 heterocycles. The van der Waals surface area contributed by atoms with Crippen molar-refractivity contribution in [2.45, 2.75) is 46.2 Å². The van der Waals surface area contributed by atoms with Crippen molar-refractivity contribution < 1.29 is 4.79 Å². The van der Waals surface area contributed by atoms with Crippen LogP contribution in [-0.2, 0) is 13.0 Å². The molecule has 1 atom stereocenters. The molecule has 3 rings (SSSR count). The highest BCUT2D eigenvalue weighted by molar-refractivity contribution is 5.90. The number of amides is 1. The lowest BCUT2D eigenvalue weighted by Crippen LogP contribution is -2.41. The van der Waals surface area contributed by atoms with Crippen molar-refractivity contribution in [3.8, 4) is 0 Å². The SMILES string of the molecule is CCCc1nc(C(=O)N2CCn3c(C)ccc3C2C)n[nH]1. The maximum atomic E-state index is 12.6. The largest absolute Gasteiger partial charge is 0.345 e. The van der Waals surface area contributed by atoms with E-state index in [4.69, 9.17) is 0 Å². The number of rotatable bonds is 3. The molecule has 0 spiro atoms. The molecule has 2 aromatic heterocycles. The van der Waals surface area contributed by atoms with Crippen molar-refractivity contribution in [1.29, 1.82) is 0 Å². The predicted octanol–water partition coefficient (Wildman–Crippen LogP) is 2.08. The molecular weight excluding hydrogens is 266 g/mol. The smallest absolute Gasteiger partial charge is 0.294 e. The Morgan fingerprint density at radius 2 is 2.24 bits per heavy atom. The molecule has 6 nitrogen and oxygen atoms in total. The Morgan fingerprint density at radius 1 is 1.43 bits per heavy atom. The van der Waals surface area contributed by atoms with Crippen LogP contribution in [-0.4, -0.2) is 37.1 Å². The van der Waals surface area contributed by atoms with Gasteiger partial charge in [-0.15, -0.1) is 5.10 Å². The summed E-state index contributed by atoms with van der Waals surface area (Å²) in [5.41, 5.74) is 2.42. The number of nitrogens with zero attached hydrogens (tertiary/aromatic N) is 4. The van der Waals surface area contributed by atoms with Gasteiger partial charge in [-0.3, -0.25) is 9.89 Å². The van der Waals surface area contributed by atoms with Crippen molar-refractivity contribution in [3.63, 3.8) is 0 Å². The molecular formula is C15H21N5O. The maximum Gasteiger partial charge on any atom is 0.294 e. The standard InChI is InChI=1S/C15H21N5O/c1-4-5-13-16-14(18-17-13)15(21)20-9-8-19-10(2)6-7-12(19)11(20)3/h6-7,11H,4-5,8-9H2,1-3H3,(H,16,17,18). The number of aryl methyl sites for hydroxylation is 2. The summed E-state index contributed by atoms with van der Waals surface area (Å²) in [5.74, 6) is 0.970. The quantitative estimate of drug-likeness (QED) is 0.940. The molecule has 0 bridgehead atoms. The fraction of sp³-hybridized carbons (Fsp3) is 0.533. The number of aromatic amines is 1. The van der Waals surface area contributed by atoms with Gasteiger partial charge in [0.15, 0.2) is 0 Å². The van der Waals surface area contributed by atoms with Gasteiger partial charge in [0.05, 0.1) is 6.04 Å². The molecule has 112 valence electrons. The maximum absolute atomic E-state index is 12.6. The molecule has 1 unspecified atom stereocenters. The van der Waals surface area contributed by atoms with Gasteiger partial charge in [-0.2, -0.15) is 0 Å². The number of carbonyl (C=O) groups excluding carboxylic acids is 1. The minimum Gasteiger partial charge on any atom is -0.345 e. The van der Waals surface area contributed by atoms with Crippen LogP contribution in [0.15, 0.2) is 12.1 Å². The van der Waals surface area contributed by atoms with E-state index in [9.17, 15) is 4.79 Å². The zero-order valence-electron chi connectivity index (χ0n) is 12.8. The summed E-state index contributed by atoms with van der Waals surface area (Å²) in [5, 5.41) is 6.92. The van der Waals surface area contributed by atoms with Gasteiger partial charge >= 0.3 is 0 Å². The summed E-state index contributed by atoms with van der Waals surface area (Å²) < 4.78 is 2.27. The normalized spacial score (nSPS) is 17.9. The summed E-state index contributed by atoms with van der Waals surface area (Å²) in [6.45, 7) is 7.76. The molecule has 2 aromatic rings. The molecule has 1 amide bonds. The topological polar surface area (TPSA) is 66.8 Å². The third-order valence-electron chi connectivity index (χ3n) is 4.16. The van der Waals surface area contributed by atoms with E-state index in [1.165, 1.54) is 11.4 Å². The van der Waals surface area contributed by atoms with Crippen molar-refractivity contribution in [2.75, 3.05) is 6.54 Å². The average Bonchev–Trinajstić information content (AvgIpc) is 3.07. The molecule has 6 heteroatoms. The summed E-state index contributed by atoms with van der Waals surface area (Å²) in [7, 11) is 0. The number of hydrogen-bond acceptors (Lipinski definition) is 3. The number of carbonyl (C=O) groups is 1. The van der Waals surface area contributed by atoms with E-state index in [-0.39, 0.29) is 17.8 Å². The van der Waals surface area contributed by atoms with Crippen LogP contribution in [0.5, 0.6) is 0 Å². The van der Waals surface area contributed by atoms with Gasteiger partial charge < -0.3 is 9.47 Å². The second-order valence-corrected chi connectivity index (χ2v) is 5.58. The Morgan fingerprint density at radius 3 is 3.00 bits per heavy atom. The highest BCUT2D eigenvalue weighted by Gasteiger charge is 2.30. The second kappa shape index (κ2) is 5.35. The van der Waals surface area contributed by atoms with E-state index in [0.29, 0.717) is 6.54 Å². The van der Waals surface area contributed by atoms with Crippen molar-refractivity contribution in [1.82, 2.24) is 24.6 Å². The second-order valence-electron chi connectivity index (χ2n) is 5.58. The van der Waals surface area contributed by atoms with E-state index in [1.54, 1.807) is 0 Å². The molecule has 0 aromatic carbocycles. The van der Waals surface area contributed by atoms with Crippen LogP contribution in [0.1, 0.15) is 54.1 Å². The number of fused-ring (bicyclic) bond motifs is 1. The lowest BCUT2D eigenvalue weighted by atomic mass is 10.1. The molecule has 0 radical (unpaired) electrons. The lowest BCUT2D eigenvalue weighted by molar-refractivity contribution is 0.0630. The van der Waals surface area contributed by atoms with Crippen LogP contribution in [0.3, 0.4) is 0 Å². The summed E-state index contributed by atoms with van der Waals surface area (Å²) in [4.78, 5) is 18.8. The Hall–Kier alpha value is -2.11. The molecule has 21 heavy (non-hydrogen) atoms. The van der Waals surface area contributed by atoms with Gasteiger partial charge in [0.1, 0.15) is 5.82 Å². The summed E-state index contributed by atoms with van der Waals surface area (Å²) >= 11 is 0. The fourth-order valence-corrected chi connectivity index (χ4v) is 2.97. The first kappa shape index (κ1) is 13.9. The molecule has 0 fully saturated rings. The highest BCUT2D eigenvalue weighted by Crippen LogP contribution is 2.27. The van der Waals surface area contributed by atoms with E-state index in [2.05, 4.69) is 52.7 Å². The van der Waals surface area contributed by atoms with Gasteiger partial charge in [0.25, 0.3) is 5.91 Å². The third-order valence-corrected chi connectivity index (χ3v) is 4.16. The first-order valence-corrected chi connectivity index (χ1v) is 7.50. The van der Waals surface area contributed by atoms with Crippen LogP contribution >= 0.6 is 0 Å². The van der Waals surface area contributed by atoms with Crippen LogP contribution in [0, 0.1) is 6.92 Å². The van der Waals surface area contributed by atoms with Crippen molar-refractivity contribution >= 4 is 5.91 Å². The number of aromatic nitrogens is 4. The van der Waals surface area contributed by atoms with Gasteiger partial charge in [-0.25, -0.2) is 4.98 Å². The number of nitrogens with one attached hydrogen (secondary N) is 1. The molecule has 0 saturated heterocycles. The molecule has 1 aliphatic rings. The fourth-order valence-electron chi connectivity index (χ4n) is 2.97. The highest BCUT2D eigenvalue weighted by atomic mass is 16.2. The zero-order chi connectivity index (χ0) is 15.0. The summed E-state index contributed by atoms with van der Waals surface area (Å²) in [6.07, 6.45) is 1.80. The van der Waals surface area contributed by atoms with Gasteiger partial charge in [-0.05, 0) is 32.4 Å². The molecule has 1 aliphatic heterocycles.